The van der Waals surface area contributed by atoms with Gasteiger partial charge in [-0.2, -0.15) is 0 Å². The summed E-state index contributed by atoms with van der Waals surface area (Å²) >= 11 is 0. The van der Waals surface area contributed by atoms with Crippen LogP contribution in [0.1, 0.15) is 46.0 Å². The normalized spacial score (nSPS) is 15.2. The topological polar surface area (TPSA) is 78.5 Å². The SMILES string of the molecule is CC(C)S(=O)(=O)NCCCCCNc1ccc(N2CCCC2=O)cc1. The molecule has 2 rings (SSSR count). The van der Waals surface area contributed by atoms with Crippen molar-refractivity contribution in [1.82, 2.24) is 4.72 Å². The van der Waals surface area contributed by atoms with Crippen molar-refractivity contribution in [1.29, 1.82) is 0 Å². The van der Waals surface area contributed by atoms with Gasteiger partial charge in [-0.25, -0.2) is 13.1 Å². The molecule has 140 valence electrons. The Morgan fingerprint density at radius 1 is 1.08 bits per heavy atom. The van der Waals surface area contributed by atoms with E-state index in [1.165, 1.54) is 0 Å². The maximum Gasteiger partial charge on any atom is 0.227 e. The number of nitrogens with one attached hydrogen (secondary N) is 2. The third-order valence-electron chi connectivity index (χ3n) is 4.36. The third-order valence-corrected chi connectivity index (χ3v) is 6.21. The summed E-state index contributed by atoms with van der Waals surface area (Å²) < 4.78 is 25.8. The Morgan fingerprint density at radius 2 is 1.76 bits per heavy atom. The minimum atomic E-state index is -3.14. The van der Waals surface area contributed by atoms with Crippen LogP contribution in [0.15, 0.2) is 24.3 Å². The molecule has 1 amide bonds. The highest BCUT2D eigenvalue weighted by atomic mass is 32.2. The van der Waals surface area contributed by atoms with Gasteiger partial charge in [-0.3, -0.25) is 4.79 Å². The van der Waals surface area contributed by atoms with Crippen LogP contribution in [0, 0.1) is 0 Å². The molecule has 25 heavy (non-hydrogen) atoms. The molecule has 6 nitrogen and oxygen atoms in total. The van der Waals surface area contributed by atoms with Crippen LogP contribution in [0.4, 0.5) is 11.4 Å². The number of benzene rings is 1. The van der Waals surface area contributed by atoms with Crippen molar-refractivity contribution in [2.75, 3.05) is 29.9 Å². The van der Waals surface area contributed by atoms with Crippen LogP contribution in [-0.2, 0) is 14.8 Å². The van der Waals surface area contributed by atoms with Gasteiger partial charge in [0.1, 0.15) is 0 Å². The number of hydrogen-bond acceptors (Lipinski definition) is 4. The Hall–Kier alpha value is -1.60. The van der Waals surface area contributed by atoms with Crippen molar-refractivity contribution in [3.8, 4) is 0 Å². The third kappa shape index (κ3) is 6.01. The van der Waals surface area contributed by atoms with Crippen LogP contribution in [-0.4, -0.2) is 39.2 Å². The molecule has 0 aromatic heterocycles. The maximum absolute atomic E-state index is 11.7. The molecular formula is C18H29N3O3S. The molecule has 0 spiro atoms. The second-order valence-electron chi connectivity index (χ2n) is 6.67. The van der Waals surface area contributed by atoms with E-state index in [1.54, 1.807) is 13.8 Å². The van der Waals surface area contributed by atoms with E-state index in [1.807, 2.05) is 29.2 Å². The fraction of sp³-hybridized carbons (Fsp3) is 0.611. The van der Waals surface area contributed by atoms with Gasteiger partial charge in [-0.05, 0) is 57.4 Å². The van der Waals surface area contributed by atoms with Crippen LogP contribution in [0.25, 0.3) is 0 Å². The van der Waals surface area contributed by atoms with Gasteiger partial charge in [0, 0.05) is 37.4 Å². The lowest BCUT2D eigenvalue weighted by Crippen LogP contribution is -2.31. The summed E-state index contributed by atoms with van der Waals surface area (Å²) in [5, 5.41) is 2.98. The zero-order chi connectivity index (χ0) is 18.3. The standard InChI is InChI=1S/C18H29N3O3S/c1-15(2)25(23,24)20-13-5-3-4-12-19-16-8-10-17(11-9-16)21-14-6-7-18(21)22/h8-11,15,19-20H,3-7,12-14H2,1-2H3. The lowest BCUT2D eigenvalue weighted by atomic mass is 10.2. The van der Waals surface area contributed by atoms with E-state index < -0.39 is 10.0 Å². The summed E-state index contributed by atoms with van der Waals surface area (Å²) in [5.41, 5.74) is 2.00. The molecule has 0 atom stereocenters. The van der Waals surface area contributed by atoms with E-state index in [4.69, 9.17) is 0 Å². The summed E-state index contributed by atoms with van der Waals surface area (Å²) in [6, 6.07) is 7.95. The zero-order valence-corrected chi connectivity index (χ0v) is 15.9. The van der Waals surface area contributed by atoms with E-state index in [0.717, 1.165) is 50.1 Å². The fourth-order valence-corrected chi connectivity index (χ4v) is 3.48. The summed E-state index contributed by atoms with van der Waals surface area (Å²) in [5.74, 6) is 0.203. The summed E-state index contributed by atoms with van der Waals surface area (Å²) in [6.45, 7) is 5.51. The minimum Gasteiger partial charge on any atom is -0.385 e. The zero-order valence-electron chi connectivity index (χ0n) is 15.1. The van der Waals surface area contributed by atoms with Gasteiger partial charge in [0.2, 0.25) is 15.9 Å². The molecular weight excluding hydrogens is 338 g/mol. The molecule has 0 radical (unpaired) electrons. The van der Waals surface area contributed by atoms with Crippen molar-refractivity contribution in [2.45, 2.75) is 51.2 Å². The molecule has 0 aliphatic carbocycles. The number of hydrogen-bond donors (Lipinski definition) is 2. The van der Waals surface area contributed by atoms with Gasteiger partial charge in [0.15, 0.2) is 0 Å². The van der Waals surface area contributed by atoms with Gasteiger partial charge >= 0.3 is 0 Å². The van der Waals surface area contributed by atoms with Gasteiger partial charge in [-0.15, -0.1) is 0 Å². The van der Waals surface area contributed by atoms with E-state index in [-0.39, 0.29) is 11.2 Å². The van der Waals surface area contributed by atoms with Gasteiger partial charge in [-0.1, -0.05) is 6.42 Å². The van der Waals surface area contributed by atoms with Gasteiger partial charge in [0.25, 0.3) is 0 Å². The van der Waals surface area contributed by atoms with Crippen LogP contribution >= 0.6 is 0 Å². The maximum atomic E-state index is 11.7. The average Bonchev–Trinajstić information content (AvgIpc) is 3.00. The Bertz CT molecular complexity index is 657. The second kappa shape index (κ2) is 9.20. The van der Waals surface area contributed by atoms with Gasteiger partial charge < -0.3 is 10.2 Å². The Morgan fingerprint density at radius 3 is 2.36 bits per heavy atom. The molecule has 0 unspecified atom stereocenters. The highest BCUT2D eigenvalue weighted by Gasteiger charge is 2.21. The van der Waals surface area contributed by atoms with Crippen molar-refractivity contribution in [2.24, 2.45) is 0 Å². The molecule has 1 aromatic carbocycles. The molecule has 1 heterocycles. The fourth-order valence-electron chi connectivity index (χ4n) is 2.72. The molecule has 1 fully saturated rings. The molecule has 1 aliphatic rings. The monoisotopic (exact) mass is 367 g/mol. The van der Waals surface area contributed by atoms with E-state index in [2.05, 4.69) is 10.0 Å². The molecule has 7 heteroatoms. The largest absolute Gasteiger partial charge is 0.385 e. The number of amides is 1. The summed E-state index contributed by atoms with van der Waals surface area (Å²) in [7, 11) is -3.14. The first kappa shape index (κ1) is 19.7. The van der Waals surface area contributed by atoms with Crippen LogP contribution < -0.4 is 14.9 Å². The number of rotatable bonds is 10. The quantitative estimate of drug-likeness (QED) is 0.623. The molecule has 1 aliphatic heterocycles. The van der Waals surface area contributed by atoms with Crippen molar-refractivity contribution < 1.29 is 13.2 Å². The van der Waals surface area contributed by atoms with E-state index in [0.29, 0.717) is 13.0 Å². The highest BCUT2D eigenvalue weighted by molar-refractivity contribution is 7.90. The predicted molar refractivity (Wildman–Crippen MR) is 102 cm³/mol. The number of unbranched alkanes of at least 4 members (excludes halogenated alkanes) is 2. The first-order valence-electron chi connectivity index (χ1n) is 9.03. The van der Waals surface area contributed by atoms with Crippen LogP contribution in [0.3, 0.4) is 0 Å². The first-order chi connectivity index (χ1) is 11.9. The average molecular weight is 368 g/mol. The molecule has 1 saturated heterocycles. The second-order valence-corrected chi connectivity index (χ2v) is 8.99. The lowest BCUT2D eigenvalue weighted by Gasteiger charge is -2.16. The number of carbonyl (C=O) groups is 1. The van der Waals surface area contributed by atoms with Crippen molar-refractivity contribution in [3.05, 3.63) is 24.3 Å². The Labute approximate surface area is 151 Å². The molecule has 0 saturated carbocycles. The Kier molecular flexibility index (Phi) is 7.25. The predicted octanol–water partition coefficient (Wildman–Crippen LogP) is 2.72. The van der Waals surface area contributed by atoms with Crippen molar-refractivity contribution >= 4 is 27.3 Å². The van der Waals surface area contributed by atoms with Gasteiger partial charge in [0.05, 0.1) is 5.25 Å². The lowest BCUT2D eigenvalue weighted by molar-refractivity contribution is -0.117. The number of anilines is 2. The minimum absolute atomic E-state index is 0.203. The van der Waals surface area contributed by atoms with E-state index in [9.17, 15) is 13.2 Å². The molecule has 0 bridgehead atoms. The summed E-state index contributed by atoms with van der Waals surface area (Å²) in [6.07, 6.45) is 4.37. The van der Waals surface area contributed by atoms with Crippen LogP contribution in [0.5, 0.6) is 0 Å². The molecule has 2 N–H and O–H groups in total. The highest BCUT2D eigenvalue weighted by Crippen LogP contribution is 2.23. The van der Waals surface area contributed by atoms with Crippen LogP contribution in [0.2, 0.25) is 0 Å². The number of nitrogens with zero attached hydrogens (tertiary/aromatic N) is 1. The first-order valence-corrected chi connectivity index (χ1v) is 10.6. The van der Waals surface area contributed by atoms with Crippen molar-refractivity contribution in [3.63, 3.8) is 0 Å². The molecule has 1 aromatic rings. The number of sulfonamides is 1. The Balaban J connectivity index is 1.61. The smallest absolute Gasteiger partial charge is 0.227 e. The van der Waals surface area contributed by atoms with E-state index >= 15 is 0 Å². The summed E-state index contributed by atoms with van der Waals surface area (Å²) in [4.78, 5) is 13.6. The number of carbonyl (C=O) groups excluding carboxylic acids is 1.